The molecule has 0 saturated heterocycles. The molecule has 1 aromatic carbocycles. The molecule has 0 N–H and O–H groups in total. The maximum absolute atomic E-state index is 13.9. The summed E-state index contributed by atoms with van der Waals surface area (Å²) in [5.41, 5.74) is 1.59. The lowest BCUT2D eigenvalue weighted by molar-refractivity contribution is 0.556. The Morgan fingerprint density at radius 2 is 1.55 bits per heavy atom. The molecule has 6 heteroatoms. The fourth-order valence-corrected chi connectivity index (χ4v) is 2.22. The molecule has 0 saturated carbocycles. The fraction of sp³-hybridized carbons (Fsp3) is 0.143. The Hall–Kier alpha value is -2.50. The van der Waals surface area contributed by atoms with Crippen LogP contribution in [-0.4, -0.2) is 19.3 Å². The lowest BCUT2D eigenvalue weighted by atomic mass is 10.3. The molecule has 3 rings (SSSR count). The summed E-state index contributed by atoms with van der Waals surface area (Å²) in [7, 11) is 0. The standard InChI is InChI=1S/C14H12F2N4/c1-9-6-7-10(2)19(9)14-17-8-18-20(14)13-11(15)4-3-5-12(13)16/h3-8H,1-2H3. The van der Waals surface area contributed by atoms with Crippen LogP contribution in [0, 0.1) is 25.5 Å². The molecule has 2 aromatic heterocycles. The van der Waals surface area contributed by atoms with E-state index in [2.05, 4.69) is 10.1 Å². The van der Waals surface area contributed by atoms with Gasteiger partial charge in [-0.3, -0.25) is 4.57 Å². The molecule has 0 amide bonds. The van der Waals surface area contributed by atoms with Gasteiger partial charge in [-0.2, -0.15) is 14.8 Å². The summed E-state index contributed by atoms with van der Waals surface area (Å²) in [6.45, 7) is 3.79. The van der Waals surface area contributed by atoms with Gasteiger partial charge in [0, 0.05) is 11.4 Å². The van der Waals surface area contributed by atoms with Crippen molar-refractivity contribution < 1.29 is 8.78 Å². The monoisotopic (exact) mass is 274 g/mol. The average Bonchev–Trinajstić information content (AvgIpc) is 2.97. The molecule has 0 atom stereocenters. The first-order chi connectivity index (χ1) is 9.59. The zero-order chi connectivity index (χ0) is 14.3. The first-order valence-corrected chi connectivity index (χ1v) is 6.09. The van der Waals surface area contributed by atoms with E-state index in [0.29, 0.717) is 5.95 Å². The highest BCUT2D eigenvalue weighted by Gasteiger charge is 2.18. The molecular formula is C14H12F2N4. The summed E-state index contributed by atoms with van der Waals surface area (Å²) in [6, 6.07) is 7.52. The highest BCUT2D eigenvalue weighted by Crippen LogP contribution is 2.21. The van der Waals surface area contributed by atoms with Gasteiger partial charge in [-0.15, -0.1) is 0 Å². The highest BCUT2D eigenvalue weighted by molar-refractivity contribution is 5.39. The Morgan fingerprint density at radius 1 is 0.950 bits per heavy atom. The summed E-state index contributed by atoms with van der Waals surface area (Å²) in [6.07, 6.45) is 1.28. The second-order valence-electron chi connectivity index (χ2n) is 4.49. The quantitative estimate of drug-likeness (QED) is 0.720. The number of rotatable bonds is 2. The predicted molar refractivity (Wildman–Crippen MR) is 70.1 cm³/mol. The molecule has 0 spiro atoms. The lowest BCUT2D eigenvalue weighted by Crippen LogP contribution is -2.11. The minimum Gasteiger partial charge on any atom is -0.287 e. The van der Waals surface area contributed by atoms with E-state index < -0.39 is 11.6 Å². The van der Waals surface area contributed by atoms with E-state index in [9.17, 15) is 8.78 Å². The number of nitrogens with zero attached hydrogens (tertiary/aromatic N) is 4. The Morgan fingerprint density at radius 3 is 2.15 bits per heavy atom. The van der Waals surface area contributed by atoms with Gasteiger partial charge in [0.05, 0.1) is 0 Å². The van der Waals surface area contributed by atoms with Gasteiger partial charge in [0.2, 0.25) is 5.95 Å². The summed E-state index contributed by atoms with van der Waals surface area (Å²) >= 11 is 0. The Balaban J connectivity index is 2.27. The Kier molecular flexibility index (Phi) is 2.85. The molecule has 0 aliphatic rings. The SMILES string of the molecule is Cc1ccc(C)n1-c1ncnn1-c1c(F)cccc1F. The van der Waals surface area contributed by atoms with Gasteiger partial charge in [0.1, 0.15) is 12.0 Å². The van der Waals surface area contributed by atoms with Crippen molar-refractivity contribution in [3.05, 3.63) is 59.7 Å². The minimum absolute atomic E-state index is 0.229. The zero-order valence-corrected chi connectivity index (χ0v) is 11.0. The second-order valence-corrected chi connectivity index (χ2v) is 4.49. The first-order valence-electron chi connectivity index (χ1n) is 6.09. The van der Waals surface area contributed by atoms with Gasteiger partial charge < -0.3 is 0 Å². The van der Waals surface area contributed by atoms with Crippen LogP contribution in [-0.2, 0) is 0 Å². The van der Waals surface area contributed by atoms with Crippen molar-refractivity contribution in [2.45, 2.75) is 13.8 Å². The smallest absolute Gasteiger partial charge is 0.237 e. The van der Waals surface area contributed by atoms with Gasteiger partial charge in [-0.1, -0.05) is 6.07 Å². The molecule has 0 radical (unpaired) electrons. The van der Waals surface area contributed by atoms with Crippen molar-refractivity contribution in [3.8, 4) is 11.6 Å². The number of hydrogen-bond donors (Lipinski definition) is 0. The predicted octanol–water partition coefficient (Wildman–Crippen LogP) is 2.95. The lowest BCUT2D eigenvalue weighted by Gasteiger charge is -2.11. The van der Waals surface area contributed by atoms with Gasteiger partial charge in [-0.25, -0.2) is 8.78 Å². The molecular weight excluding hydrogens is 262 g/mol. The van der Waals surface area contributed by atoms with Crippen LogP contribution < -0.4 is 0 Å². The number of para-hydroxylation sites is 1. The van der Waals surface area contributed by atoms with E-state index in [1.54, 1.807) is 4.57 Å². The highest BCUT2D eigenvalue weighted by atomic mass is 19.1. The van der Waals surface area contributed by atoms with Crippen molar-refractivity contribution in [1.29, 1.82) is 0 Å². The molecule has 4 nitrogen and oxygen atoms in total. The molecule has 0 fully saturated rings. The van der Waals surface area contributed by atoms with E-state index in [1.165, 1.54) is 29.2 Å². The van der Waals surface area contributed by atoms with E-state index in [4.69, 9.17) is 0 Å². The Bertz CT molecular complexity index is 734. The normalized spacial score (nSPS) is 11.0. The van der Waals surface area contributed by atoms with E-state index in [-0.39, 0.29) is 5.69 Å². The molecule has 0 aliphatic carbocycles. The van der Waals surface area contributed by atoms with Crippen molar-refractivity contribution in [3.63, 3.8) is 0 Å². The minimum atomic E-state index is -0.681. The third-order valence-electron chi connectivity index (χ3n) is 3.15. The van der Waals surface area contributed by atoms with E-state index in [1.807, 2.05) is 26.0 Å². The topological polar surface area (TPSA) is 35.6 Å². The summed E-state index contributed by atoms with van der Waals surface area (Å²) in [4.78, 5) is 4.12. The van der Waals surface area contributed by atoms with Crippen LogP contribution >= 0.6 is 0 Å². The molecule has 0 aliphatic heterocycles. The van der Waals surface area contributed by atoms with E-state index in [0.717, 1.165) is 11.4 Å². The number of halogens is 2. The van der Waals surface area contributed by atoms with Crippen LogP contribution in [0.4, 0.5) is 8.78 Å². The van der Waals surface area contributed by atoms with Gasteiger partial charge >= 0.3 is 0 Å². The maximum atomic E-state index is 13.9. The zero-order valence-electron chi connectivity index (χ0n) is 11.0. The van der Waals surface area contributed by atoms with Crippen molar-refractivity contribution in [1.82, 2.24) is 19.3 Å². The molecule has 102 valence electrons. The number of hydrogen-bond acceptors (Lipinski definition) is 2. The Labute approximate surface area is 114 Å². The van der Waals surface area contributed by atoms with Crippen LogP contribution in [0.15, 0.2) is 36.7 Å². The van der Waals surface area contributed by atoms with Gasteiger partial charge in [0.15, 0.2) is 11.6 Å². The third kappa shape index (κ3) is 1.80. The second kappa shape index (κ2) is 4.56. The van der Waals surface area contributed by atoms with E-state index >= 15 is 0 Å². The molecule has 2 heterocycles. The fourth-order valence-electron chi connectivity index (χ4n) is 2.22. The van der Waals surface area contributed by atoms with Gasteiger partial charge in [-0.05, 0) is 38.1 Å². The van der Waals surface area contributed by atoms with Crippen LogP contribution in [0.5, 0.6) is 0 Å². The summed E-state index contributed by atoms with van der Waals surface area (Å²) < 4.78 is 30.8. The maximum Gasteiger partial charge on any atom is 0.237 e. The molecule has 20 heavy (non-hydrogen) atoms. The largest absolute Gasteiger partial charge is 0.287 e. The molecule has 3 aromatic rings. The van der Waals surface area contributed by atoms with Crippen LogP contribution in [0.1, 0.15) is 11.4 Å². The summed E-state index contributed by atoms with van der Waals surface area (Å²) in [5.74, 6) is -1.01. The molecule has 0 unspecified atom stereocenters. The number of aromatic nitrogens is 4. The van der Waals surface area contributed by atoms with Crippen LogP contribution in [0.2, 0.25) is 0 Å². The van der Waals surface area contributed by atoms with Crippen molar-refractivity contribution in [2.75, 3.05) is 0 Å². The van der Waals surface area contributed by atoms with Crippen molar-refractivity contribution in [2.24, 2.45) is 0 Å². The molecule has 0 bridgehead atoms. The number of aryl methyl sites for hydroxylation is 2. The first kappa shape index (κ1) is 12.5. The van der Waals surface area contributed by atoms with Gasteiger partial charge in [0.25, 0.3) is 0 Å². The average molecular weight is 274 g/mol. The van der Waals surface area contributed by atoms with Crippen LogP contribution in [0.25, 0.3) is 11.6 Å². The van der Waals surface area contributed by atoms with Crippen LogP contribution in [0.3, 0.4) is 0 Å². The summed E-state index contributed by atoms with van der Waals surface area (Å²) in [5, 5.41) is 3.95. The number of benzene rings is 1. The third-order valence-corrected chi connectivity index (χ3v) is 3.15. The van der Waals surface area contributed by atoms with Crippen molar-refractivity contribution >= 4 is 0 Å².